The van der Waals surface area contributed by atoms with Crippen LogP contribution in [0.3, 0.4) is 0 Å². The topological polar surface area (TPSA) is 34.1 Å². The van der Waals surface area contributed by atoms with E-state index < -0.39 is 41.7 Å². The maximum absolute atomic E-state index is 12.5. The Bertz CT molecular complexity index is 737. The average molecular weight is 226 g/mol. The van der Waals surface area contributed by atoms with Crippen LogP contribution in [0.2, 0.25) is 0 Å². The molecular formula is C15H10O2. The van der Waals surface area contributed by atoms with E-state index in [0.717, 1.165) is 0 Å². The highest BCUT2D eigenvalue weighted by molar-refractivity contribution is 6.29. The van der Waals surface area contributed by atoms with Crippen molar-refractivity contribution < 1.29 is 15.1 Å². The predicted octanol–water partition coefficient (Wildman–Crippen LogP) is 2.85. The summed E-state index contributed by atoms with van der Waals surface area (Å²) >= 11 is 0. The molecule has 2 aromatic carbocycles. The van der Waals surface area contributed by atoms with Crippen molar-refractivity contribution in [3.8, 4) is 0 Å². The number of rotatable bonds is 1. The third-order valence-electron chi connectivity index (χ3n) is 2.84. The lowest BCUT2D eigenvalue weighted by molar-refractivity contribution is 0.0890. The number of carbonyl (C=O) groups is 2. The Morgan fingerprint density at radius 1 is 0.882 bits per heavy atom. The van der Waals surface area contributed by atoms with Gasteiger partial charge in [-0.3, -0.25) is 9.59 Å². The van der Waals surface area contributed by atoms with Crippen molar-refractivity contribution in [1.82, 2.24) is 0 Å². The second kappa shape index (κ2) is 3.67. The molecule has 1 aliphatic rings. The van der Waals surface area contributed by atoms with E-state index in [1.54, 1.807) is 30.3 Å². The minimum atomic E-state index is -1.07. The molecule has 0 unspecified atom stereocenters. The highest BCUT2D eigenvalue weighted by atomic mass is 16.2. The van der Waals surface area contributed by atoms with Crippen LogP contribution in [-0.4, -0.2) is 11.6 Å². The first-order chi connectivity index (χ1) is 9.95. The molecule has 0 atom stereocenters. The minimum absolute atomic E-state index is 0.195. The van der Waals surface area contributed by atoms with Gasteiger partial charge in [0, 0.05) is 11.1 Å². The zero-order valence-corrected chi connectivity index (χ0v) is 8.78. The molecule has 0 radical (unpaired) electrons. The second-order valence-corrected chi connectivity index (χ2v) is 3.82. The number of fused-ring (bicyclic) bond motifs is 1. The van der Waals surface area contributed by atoms with Gasteiger partial charge in [-0.2, -0.15) is 0 Å². The van der Waals surface area contributed by atoms with Gasteiger partial charge in [-0.25, -0.2) is 0 Å². The van der Waals surface area contributed by atoms with Gasteiger partial charge >= 0.3 is 0 Å². The summed E-state index contributed by atoms with van der Waals surface area (Å²) in [6.07, 6.45) is 0. The number of carbonyl (C=O) groups excluding carboxylic acids is 2. The fraction of sp³-hybridized carbons (Fsp3) is 0.0667. The van der Waals surface area contributed by atoms with Gasteiger partial charge in [0.2, 0.25) is 0 Å². The average Bonchev–Trinajstić information content (AvgIpc) is 2.75. The lowest BCUT2D eigenvalue weighted by Gasteiger charge is -2.05. The van der Waals surface area contributed by atoms with Gasteiger partial charge in [0.15, 0.2) is 11.6 Å². The first-order valence-electron chi connectivity index (χ1n) is 7.18. The van der Waals surface area contributed by atoms with E-state index in [9.17, 15) is 9.59 Å². The number of hydrogen-bond acceptors (Lipinski definition) is 2. The Morgan fingerprint density at radius 2 is 1.41 bits per heavy atom. The molecule has 0 saturated heterocycles. The Balaban J connectivity index is 2.27. The van der Waals surface area contributed by atoms with Crippen LogP contribution in [0.1, 0.15) is 37.7 Å². The van der Waals surface area contributed by atoms with Crippen molar-refractivity contribution in [2.45, 2.75) is 5.92 Å². The molecule has 0 spiro atoms. The Hall–Kier alpha value is -2.22. The highest BCUT2D eigenvalue weighted by Crippen LogP contribution is 2.33. The highest BCUT2D eigenvalue weighted by Gasteiger charge is 2.38. The van der Waals surface area contributed by atoms with Crippen LogP contribution in [-0.2, 0) is 0 Å². The summed E-state index contributed by atoms with van der Waals surface area (Å²) in [6, 6.07) is 6.58. The van der Waals surface area contributed by atoms with E-state index >= 15 is 0 Å². The number of ketones is 2. The van der Waals surface area contributed by atoms with Crippen molar-refractivity contribution in [3.63, 3.8) is 0 Å². The molecule has 2 nitrogen and oxygen atoms in total. The maximum Gasteiger partial charge on any atom is 0.178 e. The first kappa shape index (κ1) is 6.50. The van der Waals surface area contributed by atoms with Gasteiger partial charge in [-0.05, 0) is 5.56 Å². The number of hydrogen-bond donors (Lipinski definition) is 0. The molecule has 1 aliphatic carbocycles. The normalized spacial score (nSPS) is 18.4. The molecule has 0 heterocycles. The number of benzene rings is 2. The van der Waals surface area contributed by atoms with Gasteiger partial charge in [0.05, 0.1) is 5.48 Å². The van der Waals surface area contributed by atoms with E-state index in [0.29, 0.717) is 5.56 Å². The van der Waals surface area contributed by atoms with Crippen LogP contribution in [0.5, 0.6) is 0 Å². The molecule has 0 saturated carbocycles. The monoisotopic (exact) mass is 226 g/mol. The SMILES string of the molecule is [2H]c1c([2H])c([2H])c2c(c1[2H])C(=O)C(c1ccccc1)C2=O. The Labute approximate surface area is 105 Å². The predicted molar refractivity (Wildman–Crippen MR) is 64.3 cm³/mol. The zero-order valence-electron chi connectivity index (χ0n) is 12.8. The fourth-order valence-corrected chi connectivity index (χ4v) is 2.04. The van der Waals surface area contributed by atoms with Crippen LogP contribution in [0, 0.1) is 0 Å². The minimum Gasteiger partial charge on any atom is -0.293 e. The lowest BCUT2D eigenvalue weighted by Crippen LogP contribution is -2.12. The summed E-state index contributed by atoms with van der Waals surface area (Å²) in [5, 5.41) is 0. The molecule has 2 aromatic rings. The lowest BCUT2D eigenvalue weighted by atomic mass is 9.94. The summed E-state index contributed by atoms with van der Waals surface area (Å²) in [6.45, 7) is 0. The van der Waals surface area contributed by atoms with Crippen LogP contribution >= 0.6 is 0 Å². The van der Waals surface area contributed by atoms with E-state index in [2.05, 4.69) is 0 Å². The standard InChI is InChI=1S/C15H10O2/c16-14-11-8-4-5-9-12(11)15(17)13(14)10-6-2-1-3-7-10/h1-9,13H/i4D,5D,8D,9D. The third kappa shape index (κ3) is 1.41. The molecule has 0 N–H and O–H groups in total. The van der Waals surface area contributed by atoms with E-state index in [1.165, 1.54) is 0 Å². The van der Waals surface area contributed by atoms with Crippen molar-refractivity contribution in [3.05, 3.63) is 71.2 Å². The molecular weight excluding hydrogens is 212 g/mol. The van der Waals surface area contributed by atoms with Gasteiger partial charge in [-0.15, -0.1) is 0 Å². The first-order valence-corrected chi connectivity index (χ1v) is 5.18. The Kier molecular flexibility index (Phi) is 1.40. The second-order valence-electron chi connectivity index (χ2n) is 3.82. The summed E-state index contributed by atoms with van der Waals surface area (Å²) in [5.74, 6) is -2.20. The van der Waals surface area contributed by atoms with Gasteiger partial charge in [0.25, 0.3) is 0 Å². The van der Waals surface area contributed by atoms with Crippen LogP contribution in [0.15, 0.2) is 54.5 Å². The van der Waals surface area contributed by atoms with Gasteiger partial charge in [-0.1, -0.05) is 54.5 Å². The number of Topliss-reactive ketones (excluding diaryl/α,β-unsaturated/α-hetero) is 2. The molecule has 82 valence electrons. The summed E-state index contributed by atoms with van der Waals surface area (Å²) in [5.41, 5.74) is 0.111. The fourth-order valence-electron chi connectivity index (χ4n) is 2.04. The maximum atomic E-state index is 12.5. The molecule has 2 heteroatoms. The summed E-state index contributed by atoms with van der Waals surface area (Å²) in [4.78, 5) is 25.0. The van der Waals surface area contributed by atoms with E-state index in [4.69, 9.17) is 5.48 Å². The third-order valence-corrected chi connectivity index (χ3v) is 2.84. The van der Waals surface area contributed by atoms with Gasteiger partial charge < -0.3 is 0 Å². The molecule has 3 rings (SSSR count). The van der Waals surface area contributed by atoms with Crippen LogP contribution < -0.4 is 0 Å². The quantitative estimate of drug-likeness (QED) is 0.701. The summed E-state index contributed by atoms with van der Waals surface area (Å²) in [7, 11) is 0. The molecule has 0 aliphatic heterocycles. The molecule has 0 amide bonds. The zero-order chi connectivity index (χ0) is 15.3. The molecule has 0 aromatic heterocycles. The van der Waals surface area contributed by atoms with Crippen molar-refractivity contribution in [2.75, 3.05) is 0 Å². The Morgan fingerprint density at radius 3 is 1.94 bits per heavy atom. The smallest absolute Gasteiger partial charge is 0.178 e. The van der Waals surface area contributed by atoms with Crippen molar-refractivity contribution in [2.24, 2.45) is 0 Å². The largest absolute Gasteiger partial charge is 0.293 e. The van der Waals surface area contributed by atoms with Crippen molar-refractivity contribution >= 4 is 11.6 Å². The van der Waals surface area contributed by atoms with Crippen LogP contribution in [0.25, 0.3) is 0 Å². The van der Waals surface area contributed by atoms with E-state index in [-0.39, 0.29) is 11.1 Å². The van der Waals surface area contributed by atoms with E-state index in [1.807, 2.05) is 0 Å². The molecule has 0 bridgehead atoms. The van der Waals surface area contributed by atoms with Crippen LogP contribution in [0.4, 0.5) is 0 Å². The molecule has 17 heavy (non-hydrogen) atoms. The molecule has 0 fully saturated rings. The van der Waals surface area contributed by atoms with Gasteiger partial charge in [0.1, 0.15) is 5.92 Å². The van der Waals surface area contributed by atoms with Crippen molar-refractivity contribution in [1.29, 1.82) is 0 Å². The summed E-state index contributed by atoms with van der Waals surface area (Å²) < 4.78 is 30.9.